The van der Waals surface area contributed by atoms with E-state index in [1.807, 2.05) is 50.2 Å². The van der Waals surface area contributed by atoms with E-state index in [0.717, 1.165) is 16.9 Å². The minimum Gasteiger partial charge on any atom is -0.490 e. The third kappa shape index (κ3) is 6.66. The van der Waals surface area contributed by atoms with Gasteiger partial charge in [-0.05, 0) is 79.2 Å². The van der Waals surface area contributed by atoms with E-state index >= 15 is 0 Å². The third-order valence-electron chi connectivity index (χ3n) is 5.47. The average molecular weight is 568 g/mol. The highest BCUT2D eigenvalue weighted by Crippen LogP contribution is 2.37. The van der Waals surface area contributed by atoms with Crippen molar-refractivity contribution in [2.24, 2.45) is 0 Å². The Bertz CT molecular complexity index is 1380. The van der Waals surface area contributed by atoms with E-state index in [4.69, 9.17) is 33.3 Å². The fourth-order valence-electron chi connectivity index (χ4n) is 3.62. The van der Waals surface area contributed by atoms with Crippen LogP contribution in [0.3, 0.4) is 0 Å². The second kappa shape index (κ2) is 12.3. The van der Waals surface area contributed by atoms with E-state index in [-0.39, 0.29) is 18.4 Å². The molecule has 7 nitrogen and oxygen atoms in total. The van der Waals surface area contributed by atoms with Crippen LogP contribution >= 0.6 is 35.6 Å². The molecule has 0 atom stereocenters. The normalized spacial score (nSPS) is 14.1. The molecule has 3 aromatic carbocycles. The third-order valence-corrected chi connectivity index (χ3v) is 7.02. The minimum atomic E-state index is -0.318. The van der Waals surface area contributed by atoms with Gasteiger partial charge in [-0.25, -0.2) is 0 Å². The Morgan fingerprint density at radius 3 is 2.42 bits per heavy atom. The molecule has 4 rings (SSSR count). The van der Waals surface area contributed by atoms with E-state index in [1.165, 1.54) is 16.7 Å². The summed E-state index contributed by atoms with van der Waals surface area (Å²) in [4.78, 5) is 29.5. The van der Waals surface area contributed by atoms with Crippen molar-refractivity contribution in [3.05, 3.63) is 82.2 Å². The topological polar surface area (TPSA) is 71.1 Å². The Hall–Kier alpha value is -3.53. The van der Waals surface area contributed by atoms with Gasteiger partial charge in [0.2, 0.25) is 0 Å². The number of nitrogens with zero attached hydrogens (tertiary/aromatic N) is 2. The number of hydrogen-bond donors (Lipinski definition) is 1. The summed E-state index contributed by atoms with van der Waals surface area (Å²) in [7, 11) is 3.92. The van der Waals surface area contributed by atoms with Crippen LogP contribution < -0.4 is 24.6 Å². The maximum Gasteiger partial charge on any atom is 0.270 e. The highest BCUT2D eigenvalue weighted by molar-refractivity contribution is 8.27. The summed E-state index contributed by atoms with van der Waals surface area (Å²) in [5.41, 5.74) is 3.12. The molecule has 1 heterocycles. The summed E-state index contributed by atoms with van der Waals surface area (Å²) in [5, 5.41) is 3.34. The van der Waals surface area contributed by atoms with Gasteiger partial charge < -0.3 is 19.7 Å². The molecule has 1 saturated heterocycles. The number of benzene rings is 3. The fraction of sp³-hybridized carbons (Fsp3) is 0.179. The highest BCUT2D eigenvalue weighted by atomic mass is 35.5. The maximum atomic E-state index is 13.2. The molecule has 1 fully saturated rings. The van der Waals surface area contributed by atoms with Gasteiger partial charge in [-0.3, -0.25) is 14.5 Å². The lowest BCUT2D eigenvalue weighted by molar-refractivity contribution is -0.118. The number of carbonyl (C=O) groups excluding carboxylic acids is 2. The van der Waals surface area contributed by atoms with Gasteiger partial charge in [0.25, 0.3) is 11.8 Å². The molecular formula is C28H26ClN3O4S2. The van der Waals surface area contributed by atoms with Gasteiger partial charge in [-0.2, -0.15) is 0 Å². The van der Waals surface area contributed by atoms with Gasteiger partial charge >= 0.3 is 0 Å². The molecule has 1 aliphatic rings. The smallest absolute Gasteiger partial charge is 0.270 e. The molecule has 3 aromatic rings. The number of nitrogens with one attached hydrogen (secondary N) is 1. The number of carbonyl (C=O) groups is 2. The number of rotatable bonds is 9. The zero-order chi connectivity index (χ0) is 27.2. The average Bonchev–Trinajstić information content (AvgIpc) is 3.17. The molecule has 10 heteroatoms. The predicted octanol–water partition coefficient (Wildman–Crippen LogP) is 6.23. The molecule has 0 radical (unpaired) electrons. The van der Waals surface area contributed by atoms with E-state index in [1.54, 1.807) is 48.5 Å². The first-order chi connectivity index (χ1) is 18.2. The lowest BCUT2D eigenvalue weighted by Gasteiger charge is -2.17. The molecule has 38 heavy (non-hydrogen) atoms. The minimum absolute atomic E-state index is 0.185. The Kier molecular flexibility index (Phi) is 8.93. The summed E-state index contributed by atoms with van der Waals surface area (Å²) < 4.78 is 11.9. The Labute approximate surface area is 236 Å². The van der Waals surface area contributed by atoms with Crippen LogP contribution in [0.4, 0.5) is 17.1 Å². The number of anilines is 3. The van der Waals surface area contributed by atoms with Crippen molar-refractivity contribution in [1.82, 2.24) is 0 Å². The highest BCUT2D eigenvalue weighted by Gasteiger charge is 2.33. The first kappa shape index (κ1) is 27.5. The predicted molar refractivity (Wildman–Crippen MR) is 160 cm³/mol. The van der Waals surface area contributed by atoms with Gasteiger partial charge in [0, 0.05) is 30.5 Å². The second-order valence-electron chi connectivity index (χ2n) is 8.41. The SMILES string of the molecule is CCOc1cc(/C=C2\SC(=S)N(c3ccc(N(C)C)cc3)C2=O)ccc1OCC(=O)Nc1ccc(Cl)cc1. The number of halogens is 1. The zero-order valence-corrected chi connectivity index (χ0v) is 23.5. The monoisotopic (exact) mass is 567 g/mol. The molecule has 0 saturated carbocycles. The van der Waals surface area contributed by atoms with Crippen molar-refractivity contribution in [2.75, 3.05) is 42.4 Å². The van der Waals surface area contributed by atoms with E-state index in [2.05, 4.69) is 5.32 Å². The van der Waals surface area contributed by atoms with Crippen LogP contribution in [0.5, 0.6) is 11.5 Å². The molecular weight excluding hydrogens is 542 g/mol. The van der Waals surface area contributed by atoms with Gasteiger partial charge in [-0.15, -0.1) is 0 Å². The van der Waals surface area contributed by atoms with Crippen molar-refractivity contribution in [1.29, 1.82) is 0 Å². The summed E-state index contributed by atoms with van der Waals surface area (Å²) in [6.07, 6.45) is 1.77. The van der Waals surface area contributed by atoms with E-state index in [0.29, 0.717) is 38.0 Å². The lowest BCUT2D eigenvalue weighted by Crippen LogP contribution is -2.27. The van der Waals surface area contributed by atoms with Gasteiger partial charge in [0.15, 0.2) is 22.4 Å². The molecule has 0 bridgehead atoms. The first-order valence-electron chi connectivity index (χ1n) is 11.8. The van der Waals surface area contributed by atoms with Crippen molar-refractivity contribution >= 4 is 74.9 Å². The number of ether oxygens (including phenoxy) is 2. The van der Waals surface area contributed by atoms with Gasteiger partial charge in [-0.1, -0.05) is 41.6 Å². The summed E-state index contributed by atoms with van der Waals surface area (Å²) >= 11 is 12.6. The Morgan fingerprint density at radius 1 is 1.05 bits per heavy atom. The Morgan fingerprint density at radius 2 is 1.76 bits per heavy atom. The van der Waals surface area contributed by atoms with Crippen molar-refractivity contribution in [2.45, 2.75) is 6.92 Å². The van der Waals surface area contributed by atoms with Crippen molar-refractivity contribution in [3.63, 3.8) is 0 Å². The van der Waals surface area contributed by atoms with Gasteiger partial charge in [0.05, 0.1) is 17.2 Å². The van der Waals surface area contributed by atoms with Crippen LogP contribution in [0.15, 0.2) is 71.6 Å². The van der Waals surface area contributed by atoms with Crippen molar-refractivity contribution in [3.8, 4) is 11.5 Å². The molecule has 0 spiro atoms. The van der Waals surface area contributed by atoms with Crippen LogP contribution in [0.2, 0.25) is 5.02 Å². The molecule has 0 unspecified atom stereocenters. The molecule has 196 valence electrons. The fourth-order valence-corrected chi connectivity index (χ4v) is 5.04. The Balaban J connectivity index is 1.46. The summed E-state index contributed by atoms with van der Waals surface area (Å²) in [5.74, 6) is 0.384. The van der Waals surface area contributed by atoms with Crippen LogP contribution in [0.1, 0.15) is 12.5 Å². The van der Waals surface area contributed by atoms with Crippen molar-refractivity contribution < 1.29 is 19.1 Å². The first-order valence-corrected chi connectivity index (χ1v) is 13.4. The molecule has 0 aliphatic carbocycles. The lowest BCUT2D eigenvalue weighted by atomic mass is 10.1. The number of thioether (sulfide) groups is 1. The van der Waals surface area contributed by atoms with Gasteiger partial charge in [0.1, 0.15) is 0 Å². The molecule has 1 N–H and O–H groups in total. The summed E-state index contributed by atoms with van der Waals surface area (Å²) in [6.45, 7) is 2.06. The molecule has 2 amide bonds. The maximum absolute atomic E-state index is 13.2. The van der Waals surface area contributed by atoms with Crippen LogP contribution in [0, 0.1) is 0 Å². The van der Waals surface area contributed by atoms with Crippen LogP contribution in [-0.4, -0.2) is 43.4 Å². The summed E-state index contributed by atoms with van der Waals surface area (Å²) in [6, 6.07) is 19.7. The molecule has 0 aromatic heterocycles. The van der Waals surface area contributed by atoms with Crippen LogP contribution in [0.25, 0.3) is 6.08 Å². The second-order valence-corrected chi connectivity index (χ2v) is 10.5. The van der Waals surface area contributed by atoms with E-state index < -0.39 is 0 Å². The number of hydrogen-bond acceptors (Lipinski definition) is 7. The zero-order valence-electron chi connectivity index (χ0n) is 21.1. The number of amides is 2. The molecule has 1 aliphatic heterocycles. The van der Waals surface area contributed by atoms with Crippen LogP contribution in [-0.2, 0) is 9.59 Å². The largest absolute Gasteiger partial charge is 0.490 e. The quantitative estimate of drug-likeness (QED) is 0.243. The standard InChI is InChI=1S/C28H26ClN3O4S2/c1-4-35-24-15-18(5-14-23(24)36-17-26(33)30-20-8-6-19(29)7-9-20)16-25-27(34)32(28(37)38-25)22-12-10-21(11-13-22)31(2)3/h5-16H,4,17H2,1-3H3,(H,30,33)/b25-16-. The number of thiocarbonyl (C=S) groups is 1. The van der Waals surface area contributed by atoms with E-state index in [9.17, 15) is 9.59 Å².